The van der Waals surface area contributed by atoms with E-state index in [0.29, 0.717) is 0 Å². The van der Waals surface area contributed by atoms with Gasteiger partial charge in [-0.3, -0.25) is 9.69 Å². The van der Waals surface area contributed by atoms with Crippen molar-refractivity contribution in [2.45, 2.75) is 77.7 Å². The number of nitrogens with zero attached hydrogens (tertiary/aromatic N) is 1. The van der Waals surface area contributed by atoms with Crippen LogP contribution < -0.4 is 0 Å². The van der Waals surface area contributed by atoms with Crippen LogP contribution in [-0.4, -0.2) is 36.1 Å². The van der Waals surface area contributed by atoms with E-state index in [1.54, 1.807) is 0 Å². The minimum atomic E-state index is -0.396. The third kappa shape index (κ3) is 4.21. The molecule has 0 radical (unpaired) electrons. The van der Waals surface area contributed by atoms with E-state index in [1.165, 1.54) is 51.6 Å². The first kappa shape index (κ1) is 15.8. The van der Waals surface area contributed by atoms with E-state index in [1.807, 2.05) is 20.8 Å². The van der Waals surface area contributed by atoms with Gasteiger partial charge in [0, 0.05) is 6.54 Å². The van der Waals surface area contributed by atoms with Gasteiger partial charge in [0.05, 0.1) is 5.41 Å². The molecule has 3 nitrogen and oxygen atoms in total. The van der Waals surface area contributed by atoms with Crippen LogP contribution in [0.15, 0.2) is 0 Å². The van der Waals surface area contributed by atoms with Crippen molar-refractivity contribution in [3.8, 4) is 0 Å². The van der Waals surface area contributed by atoms with Gasteiger partial charge in [-0.25, -0.2) is 0 Å². The van der Waals surface area contributed by atoms with Crippen molar-refractivity contribution in [1.29, 1.82) is 0 Å². The van der Waals surface area contributed by atoms with Gasteiger partial charge in [-0.15, -0.1) is 0 Å². The molecule has 20 heavy (non-hydrogen) atoms. The summed E-state index contributed by atoms with van der Waals surface area (Å²) >= 11 is 0. The molecule has 1 saturated heterocycles. The molecule has 1 heterocycles. The van der Waals surface area contributed by atoms with Crippen LogP contribution in [0.2, 0.25) is 0 Å². The second kappa shape index (κ2) is 6.46. The normalized spacial score (nSPS) is 24.4. The Labute approximate surface area is 124 Å². The number of ether oxygens (including phenoxy) is 1. The van der Waals surface area contributed by atoms with E-state index in [2.05, 4.69) is 4.90 Å². The Balaban J connectivity index is 2.02. The molecule has 0 bridgehead atoms. The standard InChI is InChI=1S/C17H31NO2/c1-16(2,3)15(19)20-17(10-6-4-7-11-17)14-18-12-8-5-9-13-18/h4-14H2,1-3H3. The molecule has 0 unspecified atom stereocenters. The number of piperidine rings is 1. The molecule has 0 N–H and O–H groups in total. The smallest absolute Gasteiger partial charge is 0.311 e. The summed E-state index contributed by atoms with van der Waals surface area (Å²) in [7, 11) is 0. The van der Waals surface area contributed by atoms with Crippen LogP contribution in [-0.2, 0) is 9.53 Å². The fourth-order valence-corrected chi connectivity index (χ4v) is 3.36. The summed E-state index contributed by atoms with van der Waals surface area (Å²) in [6.45, 7) is 9.16. The first-order valence-electron chi connectivity index (χ1n) is 8.37. The Morgan fingerprint density at radius 2 is 1.55 bits per heavy atom. The highest BCUT2D eigenvalue weighted by atomic mass is 16.6. The van der Waals surface area contributed by atoms with Crippen LogP contribution in [0.3, 0.4) is 0 Å². The lowest BCUT2D eigenvalue weighted by Gasteiger charge is -2.42. The van der Waals surface area contributed by atoms with Crippen molar-refractivity contribution in [3.63, 3.8) is 0 Å². The molecule has 2 rings (SSSR count). The highest BCUT2D eigenvalue weighted by molar-refractivity contribution is 5.75. The number of rotatable bonds is 3. The van der Waals surface area contributed by atoms with Crippen LogP contribution in [0.4, 0.5) is 0 Å². The lowest BCUT2D eigenvalue weighted by Crippen LogP contribution is -2.50. The average Bonchev–Trinajstić information content (AvgIpc) is 2.39. The lowest BCUT2D eigenvalue weighted by molar-refractivity contribution is -0.176. The van der Waals surface area contributed by atoms with Crippen LogP contribution in [0.25, 0.3) is 0 Å². The third-order valence-electron chi connectivity index (χ3n) is 4.65. The van der Waals surface area contributed by atoms with Crippen molar-refractivity contribution in [1.82, 2.24) is 4.90 Å². The maximum Gasteiger partial charge on any atom is 0.311 e. The predicted molar refractivity (Wildman–Crippen MR) is 81.7 cm³/mol. The largest absolute Gasteiger partial charge is 0.457 e. The van der Waals surface area contributed by atoms with E-state index >= 15 is 0 Å². The van der Waals surface area contributed by atoms with Gasteiger partial charge in [-0.1, -0.05) is 12.8 Å². The average molecular weight is 281 g/mol. The second-order valence-electron chi connectivity index (χ2n) is 7.72. The highest BCUT2D eigenvalue weighted by Gasteiger charge is 2.40. The van der Waals surface area contributed by atoms with E-state index in [4.69, 9.17) is 4.74 Å². The SMILES string of the molecule is CC(C)(C)C(=O)OC1(CN2CCCCC2)CCCCC1. The van der Waals surface area contributed by atoms with Gasteiger partial charge >= 0.3 is 5.97 Å². The summed E-state index contributed by atoms with van der Waals surface area (Å²) < 4.78 is 6.07. The van der Waals surface area contributed by atoms with Gasteiger partial charge in [0.2, 0.25) is 0 Å². The number of hydrogen-bond donors (Lipinski definition) is 0. The van der Waals surface area contributed by atoms with Crippen LogP contribution in [0.1, 0.15) is 72.1 Å². The first-order chi connectivity index (χ1) is 9.41. The van der Waals surface area contributed by atoms with E-state index in [9.17, 15) is 4.79 Å². The Hall–Kier alpha value is -0.570. The Kier molecular flexibility index (Phi) is 5.11. The predicted octanol–water partition coefficient (Wildman–Crippen LogP) is 3.76. The molecular formula is C17H31NO2. The zero-order valence-corrected chi connectivity index (χ0v) is 13.5. The highest BCUT2D eigenvalue weighted by Crippen LogP contribution is 2.35. The molecule has 0 aromatic carbocycles. The summed E-state index contributed by atoms with van der Waals surface area (Å²) in [4.78, 5) is 14.9. The van der Waals surface area contributed by atoms with Crippen LogP contribution in [0.5, 0.6) is 0 Å². The summed E-state index contributed by atoms with van der Waals surface area (Å²) in [6, 6.07) is 0. The molecule has 0 aromatic rings. The van der Waals surface area contributed by atoms with Crippen molar-refractivity contribution in [2.75, 3.05) is 19.6 Å². The van der Waals surface area contributed by atoms with E-state index in [0.717, 1.165) is 19.4 Å². The number of carbonyl (C=O) groups is 1. The molecular weight excluding hydrogens is 250 g/mol. The van der Waals surface area contributed by atoms with Crippen molar-refractivity contribution >= 4 is 5.97 Å². The van der Waals surface area contributed by atoms with Gasteiger partial charge in [0.1, 0.15) is 5.60 Å². The van der Waals surface area contributed by atoms with Gasteiger partial charge in [0.15, 0.2) is 0 Å². The molecule has 0 atom stereocenters. The van der Waals surface area contributed by atoms with Gasteiger partial charge < -0.3 is 4.74 Å². The van der Waals surface area contributed by atoms with Gasteiger partial charge in [-0.2, -0.15) is 0 Å². The van der Waals surface area contributed by atoms with Gasteiger partial charge in [0.25, 0.3) is 0 Å². The zero-order chi connectivity index (χ0) is 14.6. The zero-order valence-electron chi connectivity index (χ0n) is 13.5. The summed E-state index contributed by atoms with van der Waals surface area (Å²) in [6.07, 6.45) is 9.72. The van der Waals surface area contributed by atoms with E-state index in [-0.39, 0.29) is 11.6 Å². The Morgan fingerprint density at radius 3 is 2.10 bits per heavy atom. The number of esters is 1. The first-order valence-corrected chi connectivity index (χ1v) is 8.37. The number of hydrogen-bond acceptors (Lipinski definition) is 3. The Morgan fingerprint density at radius 1 is 1.00 bits per heavy atom. The van der Waals surface area contributed by atoms with E-state index < -0.39 is 5.41 Å². The summed E-state index contributed by atoms with van der Waals surface area (Å²) in [5.41, 5.74) is -0.605. The molecule has 0 spiro atoms. The maximum atomic E-state index is 12.3. The minimum absolute atomic E-state index is 0.0311. The summed E-state index contributed by atoms with van der Waals surface area (Å²) in [5, 5.41) is 0. The third-order valence-corrected chi connectivity index (χ3v) is 4.65. The van der Waals surface area contributed by atoms with Crippen molar-refractivity contribution in [3.05, 3.63) is 0 Å². The molecule has 2 aliphatic rings. The molecule has 1 aliphatic heterocycles. The second-order valence-corrected chi connectivity index (χ2v) is 7.72. The summed E-state index contributed by atoms with van der Waals surface area (Å²) in [5.74, 6) is -0.0311. The molecule has 0 aromatic heterocycles. The van der Waals surface area contributed by atoms with Crippen LogP contribution >= 0.6 is 0 Å². The minimum Gasteiger partial charge on any atom is -0.457 e. The molecule has 1 aliphatic carbocycles. The molecule has 0 amide bonds. The fraction of sp³-hybridized carbons (Fsp3) is 0.941. The number of likely N-dealkylation sites (tertiary alicyclic amines) is 1. The Bertz CT molecular complexity index is 320. The molecule has 116 valence electrons. The maximum absolute atomic E-state index is 12.3. The quantitative estimate of drug-likeness (QED) is 0.738. The van der Waals surface area contributed by atoms with Crippen LogP contribution in [0, 0.1) is 5.41 Å². The fourth-order valence-electron chi connectivity index (χ4n) is 3.36. The van der Waals surface area contributed by atoms with Gasteiger partial charge in [-0.05, 0) is 72.4 Å². The number of carbonyl (C=O) groups excluding carboxylic acids is 1. The van der Waals surface area contributed by atoms with Crippen molar-refractivity contribution < 1.29 is 9.53 Å². The monoisotopic (exact) mass is 281 g/mol. The lowest BCUT2D eigenvalue weighted by atomic mass is 9.83. The molecule has 2 fully saturated rings. The van der Waals surface area contributed by atoms with Crippen molar-refractivity contribution in [2.24, 2.45) is 5.41 Å². The topological polar surface area (TPSA) is 29.5 Å². The molecule has 1 saturated carbocycles. The molecule has 3 heteroatoms.